The van der Waals surface area contributed by atoms with Crippen LogP contribution in [0.1, 0.15) is 39.2 Å². The van der Waals surface area contributed by atoms with E-state index in [0.29, 0.717) is 0 Å². The first-order valence-electron chi connectivity index (χ1n) is 7.05. The minimum Gasteiger partial charge on any atom is -0.444 e. The molecule has 0 saturated carbocycles. The second kappa shape index (κ2) is 6.07. The molecule has 1 heterocycles. The van der Waals surface area contributed by atoms with Crippen molar-refractivity contribution in [2.24, 2.45) is 4.99 Å². The normalized spacial score (nSPS) is 19.1. The first kappa shape index (κ1) is 14.6. The minimum absolute atomic E-state index is 0.0685. The zero-order chi connectivity index (χ0) is 14.6. The Hall–Kier alpha value is -1.84. The summed E-state index contributed by atoms with van der Waals surface area (Å²) in [6, 6.07) is 9.92. The summed E-state index contributed by atoms with van der Waals surface area (Å²) in [4.78, 5) is 16.5. The van der Waals surface area contributed by atoms with Gasteiger partial charge in [-0.25, -0.2) is 4.79 Å². The van der Waals surface area contributed by atoms with Crippen LogP contribution in [0.25, 0.3) is 0 Å². The van der Waals surface area contributed by atoms with Gasteiger partial charge in [-0.15, -0.1) is 0 Å². The predicted octanol–water partition coefficient (Wildman–Crippen LogP) is 3.16. The first-order valence-corrected chi connectivity index (χ1v) is 7.05. The third-order valence-electron chi connectivity index (χ3n) is 3.02. The number of carbonyl (C=O) groups excluding carboxylic acids is 1. The van der Waals surface area contributed by atoms with Gasteiger partial charge in [0.15, 0.2) is 0 Å². The van der Waals surface area contributed by atoms with Gasteiger partial charge < -0.3 is 10.1 Å². The zero-order valence-corrected chi connectivity index (χ0v) is 12.3. The molecule has 0 aromatic heterocycles. The molecule has 20 heavy (non-hydrogen) atoms. The van der Waals surface area contributed by atoms with Crippen molar-refractivity contribution in [3.05, 3.63) is 35.9 Å². The standard InChI is InChI=1S/C16H22N2O2/c1-16(2,3)20-15(19)18-13-10-7-11-17-14(13)12-8-5-4-6-9-12/h4-6,8-9,13H,7,10-11H2,1-3H3,(H,18,19). The molecule has 1 atom stereocenters. The van der Waals surface area contributed by atoms with E-state index in [1.54, 1.807) is 0 Å². The van der Waals surface area contributed by atoms with Crippen LogP contribution in [0.5, 0.6) is 0 Å². The molecular formula is C16H22N2O2. The fourth-order valence-corrected chi connectivity index (χ4v) is 2.23. The number of carbonyl (C=O) groups is 1. The molecule has 1 aliphatic rings. The lowest BCUT2D eigenvalue weighted by Gasteiger charge is -2.26. The van der Waals surface area contributed by atoms with Gasteiger partial charge in [-0.05, 0) is 39.2 Å². The highest BCUT2D eigenvalue weighted by atomic mass is 16.6. The smallest absolute Gasteiger partial charge is 0.408 e. The molecule has 1 aromatic carbocycles. The SMILES string of the molecule is CC(C)(C)OC(=O)NC1CCCN=C1c1ccccc1. The van der Waals surface area contributed by atoms with E-state index < -0.39 is 5.60 Å². The third-order valence-corrected chi connectivity index (χ3v) is 3.02. The largest absolute Gasteiger partial charge is 0.444 e. The minimum atomic E-state index is -0.483. The first-order chi connectivity index (χ1) is 9.46. The van der Waals surface area contributed by atoms with E-state index in [9.17, 15) is 4.79 Å². The van der Waals surface area contributed by atoms with E-state index in [1.165, 1.54) is 0 Å². The summed E-state index contributed by atoms with van der Waals surface area (Å²) < 4.78 is 5.32. The van der Waals surface area contributed by atoms with Crippen LogP contribution >= 0.6 is 0 Å². The number of hydrogen-bond donors (Lipinski definition) is 1. The molecule has 4 nitrogen and oxygen atoms in total. The van der Waals surface area contributed by atoms with Crippen molar-refractivity contribution in [3.8, 4) is 0 Å². The van der Waals surface area contributed by atoms with Crippen molar-refractivity contribution in [1.82, 2.24) is 5.32 Å². The number of benzene rings is 1. The fourth-order valence-electron chi connectivity index (χ4n) is 2.23. The zero-order valence-electron chi connectivity index (χ0n) is 12.3. The molecule has 108 valence electrons. The van der Waals surface area contributed by atoms with Crippen LogP contribution < -0.4 is 5.32 Å². The molecule has 1 N–H and O–H groups in total. The molecule has 0 aliphatic carbocycles. The van der Waals surface area contributed by atoms with E-state index in [2.05, 4.69) is 10.3 Å². The molecule has 0 bridgehead atoms. The van der Waals surface area contributed by atoms with E-state index in [0.717, 1.165) is 30.7 Å². The predicted molar refractivity (Wildman–Crippen MR) is 80.2 cm³/mol. The molecule has 1 unspecified atom stereocenters. The van der Waals surface area contributed by atoms with Gasteiger partial charge >= 0.3 is 6.09 Å². The van der Waals surface area contributed by atoms with Crippen LogP contribution in [0.15, 0.2) is 35.3 Å². The lowest BCUT2D eigenvalue weighted by molar-refractivity contribution is 0.0515. The van der Waals surface area contributed by atoms with Gasteiger partial charge in [0.25, 0.3) is 0 Å². The number of aliphatic imine (C=N–C) groups is 1. The second-order valence-electron chi connectivity index (χ2n) is 5.97. The summed E-state index contributed by atoms with van der Waals surface area (Å²) in [6.45, 7) is 6.40. The number of amides is 1. The van der Waals surface area contributed by atoms with Gasteiger partial charge in [-0.3, -0.25) is 4.99 Å². The highest BCUT2D eigenvalue weighted by Crippen LogP contribution is 2.15. The Bertz CT molecular complexity index is 489. The molecule has 0 fully saturated rings. The van der Waals surface area contributed by atoms with E-state index in [1.807, 2.05) is 51.1 Å². The summed E-state index contributed by atoms with van der Waals surface area (Å²) in [5.41, 5.74) is 1.53. The third kappa shape index (κ3) is 4.08. The number of alkyl carbamates (subject to hydrolysis) is 1. The molecular weight excluding hydrogens is 252 g/mol. The molecule has 1 amide bonds. The monoisotopic (exact) mass is 274 g/mol. The Labute approximate surface area is 120 Å². The summed E-state index contributed by atoms with van der Waals surface area (Å²) >= 11 is 0. The van der Waals surface area contributed by atoms with Gasteiger partial charge in [-0.1, -0.05) is 30.3 Å². The average Bonchev–Trinajstić information content (AvgIpc) is 2.38. The van der Waals surface area contributed by atoms with Gasteiger partial charge in [-0.2, -0.15) is 0 Å². The number of nitrogens with one attached hydrogen (secondary N) is 1. The Kier molecular flexibility index (Phi) is 4.42. The van der Waals surface area contributed by atoms with Crippen molar-refractivity contribution in [2.75, 3.05) is 6.54 Å². The van der Waals surface area contributed by atoms with Crippen LogP contribution in [0.2, 0.25) is 0 Å². The number of hydrogen-bond acceptors (Lipinski definition) is 3. The molecule has 1 aromatic rings. The molecule has 2 rings (SSSR count). The van der Waals surface area contributed by atoms with Crippen molar-refractivity contribution in [3.63, 3.8) is 0 Å². The van der Waals surface area contributed by atoms with Crippen molar-refractivity contribution in [2.45, 2.75) is 45.3 Å². The summed E-state index contributed by atoms with van der Waals surface area (Å²) in [7, 11) is 0. The molecule has 0 radical (unpaired) electrons. The van der Waals surface area contributed by atoms with Gasteiger partial charge in [0.05, 0.1) is 11.8 Å². The number of nitrogens with zero attached hydrogens (tertiary/aromatic N) is 1. The van der Waals surface area contributed by atoms with Crippen molar-refractivity contribution in [1.29, 1.82) is 0 Å². The van der Waals surface area contributed by atoms with Crippen LogP contribution in [0, 0.1) is 0 Å². The van der Waals surface area contributed by atoms with Crippen molar-refractivity contribution < 1.29 is 9.53 Å². The van der Waals surface area contributed by atoms with Gasteiger partial charge in [0.1, 0.15) is 5.60 Å². The quantitative estimate of drug-likeness (QED) is 0.900. The maximum absolute atomic E-state index is 11.9. The van der Waals surface area contributed by atoms with Gasteiger partial charge in [0.2, 0.25) is 0 Å². The van der Waals surface area contributed by atoms with Crippen LogP contribution in [-0.4, -0.2) is 30.0 Å². The van der Waals surface area contributed by atoms with Crippen molar-refractivity contribution >= 4 is 11.8 Å². The average molecular weight is 274 g/mol. The Morgan fingerprint density at radius 3 is 2.65 bits per heavy atom. The maximum Gasteiger partial charge on any atom is 0.408 e. The van der Waals surface area contributed by atoms with E-state index >= 15 is 0 Å². The molecule has 0 spiro atoms. The molecule has 0 saturated heterocycles. The maximum atomic E-state index is 11.9. The van der Waals surface area contributed by atoms with Gasteiger partial charge in [0, 0.05) is 6.54 Å². The Morgan fingerprint density at radius 1 is 1.30 bits per heavy atom. The highest BCUT2D eigenvalue weighted by Gasteiger charge is 2.25. The summed E-state index contributed by atoms with van der Waals surface area (Å²) in [5.74, 6) is 0. The van der Waals surface area contributed by atoms with Crippen LogP contribution in [0.3, 0.4) is 0 Å². The molecule has 1 aliphatic heterocycles. The number of rotatable bonds is 2. The number of ether oxygens (including phenoxy) is 1. The summed E-state index contributed by atoms with van der Waals surface area (Å²) in [5, 5.41) is 2.93. The van der Waals surface area contributed by atoms with E-state index in [-0.39, 0.29) is 12.1 Å². The van der Waals surface area contributed by atoms with Crippen LogP contribution in [-0.2, 0) is 4.74 Å². The van der Waals surface area contributed by atoms with E-state index in [4.69, 9.17) is 4.74 Å². The second-order valence-corrected chi connectivity index (χ2v) is 5.97. The van der Waals surface area contributed by atoms with Crippen LogP contribution in [0.4, 0.5) is 4.79 Å². The lowest BCUT2D eigenvalue weighted by Crippen LogP contribution is -2.45. The topological polar surface area (TPSA) is 50.7 Å². The Morgan fingerprint density at radius 2 is 2.00 bits per heavy atom. The lowest BCUT2D eigenvalue weighted by atomic mass is 9.96. The fraction of sp³-hybridized carbons (Fsp3) is 0.500. The summed E-state index contributed by atoms with van der Waals surface area (Å²) in [6.07, 6.45) is 1.50. The Balaban J connectivity index is 2.08. The highest BCUT2D eigenvalue weighted by molar-refractivity contribution is 6.05. The molecule has 4 heteroatoms.